The zero-order valence-electron chi connectivity index (χ0n) is 9.62. The van der Waals surface area contributed by atoms with Gasteiger partial charge in [-0.25, -0.2) is 0 Å². The van der Waals surface area contributed by atoms with E-state index in [9.17, 15) is 0 Å². The van der Waals surface area contributed by atoms with Crippen molar-refractivity contribution >= 4 is 0 Å². The molecule has 0 aliphatic heterocycles. The quantitative estimate of drug-likeness (QED) is 0.620. The number of aryl methyl sites for hydroxylation is 2. The van der Waals surface area contributed by atoms with Crippen LogP contribution in [0.25, 0.3) is 11.1 Å². The van der Waals surface area contributed by atoms with Gasteiger partial charge in [-0.1, -0.05) is 53.4 Å². The van der Waals surface area contributed by atoms with Gasteiger partial charge in [0.05, 0.1) is 0 Å². The summed E-state index contributed by atoms with van der Waals surface area (Å²) < 4.78 is 0. The molecular weight excluding hydrogens is 192 g/mol. The van der Waals surface area contributed by atoms with E-state index in [1.807, 2.05) is 18.2 Å². The Balaban J connectivity index is 2.63. The lowest BCUT2D eigenvalue weighted by Gasteiger charge is -2.07. The maximum absolute atomic E-state index is 5.51. The predicted molar refractivity (Wildman–Crippen MR) is 69.3 cm³/mol. The SMILES string of the molecule is C#Cc1ccccc1-c1cc(C)cc(C)c1. The van der Waals surface area contributed by atoms with Gasteiger partial charge in [0, 0.05) is 5.56 Å². The van der Waals surface area contributed by atoms with Crippen LogP contribution in [0.15, 0.2) is 42.5 Å². The molecule has 0 N–H and O–H groups in total. The summed E-state index contributed by atoms with van der Waals surface area (Å²) in [5.74, 6) is 2.73. The topological polar surface area (TPSA) is 0 Å². The molecule has 2 aromatic rings. The van der Waals surface area contributed by atoms with E-state index in [0.717, 1.165) is 11.1 Å². The summed E-state index contributed by atoms with van der Waals surface area (Å²) in [7, 11) is 0. The highest BCUT2D eigenvalue weighted by Gasteiger charge is 2.03. The van der Waals surface area contributed by atoms with Gasteiger partial charge in [-0.3, -0.25) is 0 Å². The molecule has 0 nitrogen and oxygen atoms in total. The fourth-order valence-corrected chi connectivity index (χ4v) is 1.99. The first kappa shape index (κ1) is 10.5. The molecule has 0 amide bonds. The number of rotatable bonds is 1. The molecule has 0 heteroatoms. The van der Waals surface area contributed by atoms with Crippen molar-refractivity contribution in [2.24, 2.45) is 0 Å². The van der Waals surface area contributed by atoms with Gasteiger partial charge < -0.3 is 0 Å². The second-order valence-corrected chi connectivity index (χ2v) is 4.07. The van der Waals surface area contributed by atoms with Crippen molar-refractivity contribution in [3.05, 3.63) is 59.2 Å². The van der Waals surface area contributed by atoms with Crippen molar-refractivity contribution in [3.63, 3.8) is 0 Å². The first-order chi connectivity index (χ1) is 7.70. The first-order valence-corrected chi connectivity index (χ1v) is 5.35. The molecule has 0 heterocycles. The average Bonchev–Trinajstić information content (AvgIpc) is 2.27. The van der Waals surface area contributed by atoms with Crippen molar-refractivity contribution < 1.29 is 0 Å². The van der Waals surface area contributed by atoms with Gasteiger partial charge in [0.2, 0.25) is 0 Å². The van der Waals surface area contributed by atoms with Gasteiger partial charge in [0.1, 0.15) is 0 Å². The van der Waals surface area contributed by atoms with E-state index < -0.39 is 0 Å². The highest BCUT2D eigenvalue weighted by atomic mass is 14.1. The van der Waals surface area contributed by atoms with Gasteiger partial charge in [-0.05, 0) is 31.0 Å². The van der Waals surface area contributed by atoms with Gasteiger partial charge in [0.25, 0.3) is 0 Å². The molecule has 0 aromatic heterocycles. The molecule has 2 aromatic carbocycles. The fourth-order valence-electron chi connectivity index (χ4n) is 1.99. The Bertz CT molecular complexity index is 536. The van der Waals surface area contributed by atoms with Crippen molar-refractivity contribution in [2.75, 3.05) is 0 Å². The van der Waals surface area contributed by atoms with Gasteiger partial charge in [-0.15, -0.1) is 6.42 Å². The molecule has 0 radical (unpaired) electrons. The minimum atomic E-state index is 0.951. The van der Waals surface area contributed by atoms with Crippen LogP contribution in [0.2, 0.25) is 0 Å². The van der Waals surface area contributed by atoms with Crippen LogP contribution in [0.4, 0.5) is 0 Å². The van der Waals surface area contributed by atoms with Crippen molar-refractivity contribution in [2.45, 2.75) is 13.8 Å². The molecule has 2 rings (SSSR count). The molecule has 0 fully saturated rings. The highest BCUT2D eigenvalue weighted by molar-refractivity contribution is 5.71. The van der Waals surface area contributed by atoms with E-state index in [4.69, 9.17) is 6.42 Å². The van der Waals surface area contributed by atoms with Crippen LogP contribution in [0, 0.1) is 26.2 Å². The van der Waals surface area contributed by atoms with Gasteiger partial charge in [0.15, 0.2) is 0 Å². The lowest BCUT2D eigenvalue weighted by molar-refractivity contribution is 1.38. The Hall–Kier alpha value is -2.00. The first-order valence-electron chi connectivity index (χ1n) is 5.35. The molecule has 0 saturated heterocycles. The lowest BCUT2D eigenvalue weighted by atomic mass is 9.97. The third-order valence-electron chi connectivity index (χ3n) is 2.62. The van der Waals surface area contributed by atoms with E-state index in [-0.39, 0.29) is 0 Å². The lowest BCUT2D eigenvalue weighted by Crippen LogP contribution is -1.86. The largest absolute Gasteiger partial charge is 0.115 e. The standard InChI is InChI=1S/C16H14/c1-4-14-7-5-6-8-16(14)15-10-12(2)9-13(3)11-15/h1,5-11H,2-3H3. The van der Waals surface area contributed by atoms with E-state index in [2.05, 4.69) is 44.0 Å². The van der Waals surface area contributed by atoms with Crippen LogP contribution < -0.4 is 0 Å². The van der Waals surface area contributed by atoms with Crippen LogP contribution >= 0.6 is 0 Å². The second-order valence-electron chi connectivity index (χ2n) is 4.07. The zero-order valence-corrected chi connectivity index (χ0v) is 9.62. The summed E-state index contributed by atoms with van der Waals surface area (Å²) in [6.07, 6.45) is 5.51. The fraction of sp³-hybridized carbons (Fsp3) is 0.125. The Morgan fingerprint density at radius 3 is 2.19 bits per heavy atom. The van der Waals surface area contributed by atoms with Crippen molar-refractivity contribution in [1.82, 2.24) is 0 Å². The van der Waals surface area contributed by atoms with Crippen LogP contribution in [0.5, 0.6) is 0 Å². The third kappa shape index (κ3) is 1.99. The summed E-state index contributed by atoms with van der Waals surface area (Å²) in [6.45, 7) is 4.21. The number of hydrogen-bond donors (Lipinski definition) is 0. The molecule has 78 valence electrons. The smallest absolute Gasteiger partial charge is 0.0321 e. The molecule has 0 bridgehead atoms. The van der Waals surface area contributed by atoms with E-state index in [0.29, 0.717) is 0 Å². The third-order valence-corrected chi connectivity index (χ3v) is 2.62. The predicted octanol–water partition coefficient (Wildman–Crippen LogP) is 3.95. The van der Waals surface area contributed by atoms with Crippen LogP contribution in [-0.2, 0) is 0 Å². The number of benzene rings is 2. The minimum absolute atomic E-state index is 0.951. The monoisotopic (exact) mass is 206 g/mol. The normalized spacial score (nSPS) is 9.81. The molecule has 16 heavy (non-hydrogen) atoms. The summed E-state index contributed by atoms with van der Waals surface area (Å²) in [5.41, 5.74) is 5.82. The van der Waals surface area contributed by atoms with E-state index in [1.54, 1.807) is 0 Å². The number of terminal acetylenes is 1. The average molecular weight is 206 g/mol. The summed E-state index contributed by atoms with van der Waals surface area (Å²) in [6, 6.07) is 14.6. The summed E-state index contributed by atoms with van der Waals surface area (Å²) in [4.78, 5) is 0. The molecular formula is C16H14. The highest BCUT2D eigenvalue weighted by Crippen LogP contribution is 2.25. The molecule has 0 unspecified atom stereocenters. The van der Waals surface area contributed by atoms with Crippen molar-refractivity contribution in [3.8, 4) is 23.5 Å². The van der Waals surface area contributed by atoms with Gasteiger partial charge in [-0.2, -0.15) is 0 Å². The van der Waals surface area contributed by atoms with E-state index >= 15 is 0 Å². The van der Waals surface area contributed by atoms with Crippen LogP contribution in [-0.4, -0.2) is 0 Å². The summed E-state index contributed by atoms with van der Waals surface area (Å²) >= 11 is 0. The van der Waals surface area contributed by atoms with Crippen LogP contribution in [0.3, 0.4) is 0 Å². The maximum Gasteiger partial charge on any atom is 0.0321 e. The molecule has 0 aliphatic rings. The Kier molecular flexibility index (Phi) is 2.79. The minimum Gasteiger partial charge on any atom is -0.115 e. The number of hydrogen-bond acceptors (Lipinski definition) is 0. The second kappa shape index (κ2) is 4.24. The zero-order chi connectivity index (χ0) is 11.5. The summed E-state index contributed by atoms with van der Waals surface area (Å²) in [5, 5.41) is 0. The Morgan fingerprint density at radius 2 is 1.56 bits per heavy atom. The molecule has 0 atom stereocenters. The maximum atomic E-state index is 5.51. The Morgan fingerprint density at radius 1 is 0.938 bits per heavy atom. The molecule has 0 saturated carbocycles. The van der Waals surface area contributed by atoms with Crippen LogP contribution in [0.1, 0.15) is 16.7 Å². The van der Waals surface area contributed by atoms with Gasteiger partial charge >= 0.3 is 0 Å². The Labute approximate surface area is 96.9 Å². The molecule has 0 aliphatic carbocycles. The van der Waals surface area contributed by atoms with E-state index in [1.165, 1.54) is 16.7 Å². The molecule has 0 spiro atoms. The van der Waals surface area contributed by atoms with Crippen molar-refractivity contribution in [1.29, 1.82) is 0 Å².